The lowest BCUT2D eigenvalue weighted by Crippen LogP contribution is -2.31. The van der Waals surface area contributed by atoms with Crippen molar-refractivity contribution in [2.45, 2.75) is 26.3 Å². The molecule has 0 fully saturated rings. The zero-order chi connectivity index (χ0) is 15.2. The van der Waals surface area contributed by atoms with Crippen LogP contribution in [0.2, 0.25) is 0 Å². The molecule has 0 bridgehead atoms. The van der Waals surface area contributed by atoms with Gasteiger partial charge in [0.25, 0.3) is 5.91 Å². The molecule has 112 valence electrons. The second kappa shape index (κ2) is 6.92. The third-order valence-electron chi connectivity index (χ3n) is 3.25. The molecule has 1 heterocycles. The quantitative estimate of drug-likeness (QED) is 0.888. The highest BCUT2D eigenvalue weighted by Gasteiger charge is 2.11. The van der Waals surface area contributed by atoms with Crippen molar-refractivity contribution in [2.75, 3.05) is 13.7 Å². The maximum Gasteiger partial charge on any atom is 0.260 e. The molecule has 1 amide bonds. The lowest BCUT2D eigenvalue weighted by molar-refractivity contribution is -0.132. The van der Waals surface area contributed by atoms with Crippen LogP contribution in [-0.4, -0.2) is 34.4 Å². The number of nitrogens with one attached hydrogen (secondary N) is 1. The fourth-order valence-electron chi connectivity index (χ4n) is 1.92. The second-order valence-corrected chi connectivity index (χ2v) is 5.30. The number of amides is 1. The Morgan fingerprint density at radius 1 is 1.43 bits per heavy atom. The van der Waals surface area contributed by atoms with Gasteiger partial charge in [0.1, 0.15) is 11.6 Å². The minimum Gasteiger partial charge on any atom is -0.484 e. The van der Waals surface area contributed by atoms with Crippen molar-refractivity contribution < 1.29 is 9.53 Å². The molecule has 0 saturated carbocycles. The topological polar surface area (TPSA) is 58.2 Å². The summed E-state index contributed by atoms with van der Waals surface area (Å²) in [5.74, 6) is 1.83. The van der Waals surface area contributed by atoms with Crippen LogP contribution in [0.5, 0.6) is 5.75 Å². The van der Waals surface area contributed by atoms with Crippen LogP contribution in [0.25, 0.3) is 0 Å². The largest absolute Gasteiger partial charge is 0.484 e. The van der Waals surface area contributed by atoms with E-state index in [1.54, 1.807) is 24.3 Å². The third-order valence-corrected chi connectivity index (χ3v) is 3.25. The maximum atomic E-state index is 12.0. The van der Waals surface area contributed by atoms with Crippen molar-refractivity contribution in [3.63, 3.8) is 0 Å². The minimum atomic E-state index is -0.0821. The third kappa shape index (κ3) is 4.34. The molecule has 0 aliphatic rings. The molecule has 1 aromatic carbocycles. The number of benzene rings is 1. The number of aromatic nitrogens is 2. The molecule has 0 aliphatic carbocycles. The minimum absolute atomic E-state index is 0.0265. The predicted octanol–water partition coefficient (Wildman–Crippen LogP) is 2.57. The summed E-state index contributed by atoms with van der Waals surface area (Å²) >= 11 is 0. The Hall–Kier alpha value is -2.30. The summed E-state index contributed by atoms with van der Waals surface area (Å²) in [6.07, 6.45) is 3.41. The highest BCUT2D eigenvalue weighted by atomic mass is 16.5. The molecule has 21 heavy (non-hydrogen) atoms. The normalized spacial score (nSPS) is 10.7. The summed E-state index contributed by atoms with van der Waals surface area (Å²) in [6, 6.07) is 7.85. The van der Waals surface area contributed by atoms with E-state index in [1.807, 2.05) is 18.2 Å². The van der Waals surface area contributed by atoms with Crippen molar-refractivity contribution in [1.82, 2.24) is 14.9 Å². The number of likely N-dealkylation sites (N-methyl/N-ethyl adjacent to an activating group) is 1. The number of carbonyl (C=O) groups excluding carboxylic acids is 1. The van der Waals surface area contributed by atoms with Crippen LogP contribution in [0.3, 0.4) is 0 Å². The van der Waals surface area contributed by atoms with E-state index >= 15 is 0 Å². The van der Waals surface area contributed by atoms with Gasteiger partial charge in [-0.1, -0.05) is 26.0 Å². The van der Waals surface area contributed by atoms with Gasteiger partial charge in [-0.15, -0.1) is 0 Å². The van der Waals surface area contributed by atoms with Crippen molar-refractivity contribution in [3.05, 3.63) is 48.0 Å². The van der Waals surface area contributed by atoms with Gasteiger partial charge in [0.05, 0.1) is 6.54 Å². The molecule has 2 aromatic rings. The number of aromatic amines is 1. The standard InChI is InChI=1S/C16H21N3O2/c1-12(2)13-5-4-6-14(9-13)21-11-16(20)19(3)10-15-17-7-8-18-15/h4-9,12H,10-11H2,1-3H3,(H,17,18). The number of imidazole rings is 1. The van der Waals surface area contributed by atoms with Crippen LogP contribution in [0, 0.1) is 0 Å². The van der Waals surface area contributed by atoms with E-state index in [2.05, 4.69) is 29.9 Å². The number of hydrogen-bond donors (Lipinski definition) is 1. The average molecular weight is 287 g/mol. The van der Waals surface area contributed by atoms with Crippen molar-refractivity contribution in [1.29, 1.82) is 0 Å². The summed E-state index contributed by atoms with van der Waals surface area (Å²) in [5, 5.41) is 0. The Bertz CT molecular complexity index is 579. The lowest BCUT2D eigenvalue weighted by Gasteiger charge is -2.16. The Morgan fingerprint density at radius 3 is 2.90 bits per heavy atom. The molecule has 0 spiro atoms. The van der Waals surface area contributed by atoms with E-state index < -0.39 is 0 Å². The Labute approximate surface area is 125 Å². The fraction of sp³-hybridized carbons (Fsp3) is 0.375. The number of H-pyrrole nitrogens is 1. The van der Waals surface area contributed by atoms with E-state index in [-0.39, 0.29) is 12.5 Å². The Morgan fingerprint density at radius 2 is 2.24 bits per heavy atom. The molecule has 0 unspecified atom stereocenters. The number of nitrogens with zero attached hydrogens (tertiary/aromatic N) is 2. The van der Waals surface area contributed by atoms with Crippen LogP contribution in [0.1, 0.15) is 31.2 Å². The number of rotatable bonds is 6. The summed E-state index contributed by atoms with van der Waals surface area (Å²) in [6.45, 7) is 4.72. The van der Waals surface area contributed by atoms with Gasteiger partial charge in [0, 0.05) is 19.4 Å². The monoisotopic (exact) mass is 287 g/mol. The molecule has 0 aliphatic heterocycles. The van der Waals surface area contributed by atoms with Crippen molar-refractivity contribution in [2.24, 2.45) is 0 Å². The molecule has 5 nitrogen and oxygen atoms in total. The van der Waals surface area contributed by atoms with E-state index in [0.717, 1.165) is 11.6 Å². The maximum absolute atomic E-state index is 12.0. The molecule has 2 rings (SSSR count). The van der Waals surface area contributed by atoms with E-state index in [1.165, 1.54) is 5.56 Å². The predicted molar refractivity (Wildman–Crippen MR) is 81.1 cm³/mol. The van der Waals surface area contributed by atoms with E-state index in [9.17, 15) is 4.79 Å². The Kier molecular flexibility index (Phi) is 4.98. The molecule has 5 heteroatoms. The van der Waals surface area contributed by atoms with Gasteiger partial charge in [-0.05, 0) is 23.6 Å². The summed E-state index contributed by atoms with van der Waals surface area (Å²) in [4.78, 5) is 20.7. The van der Waals surface area contributed by atoms with Crippen LogP contribution in [0.15, 0.2) is 36.7 Å². The molecule has 0 atom stereocenters. The SMILES string of the molecule is CC(C)c1cccc(OCC(=O)N(C)Cc2ncc[nH]2)c1. The van der Waals surface area contributed by atoms with Crippen molar-refractivity contribution in [3.8, 4) is 5.75 Å². The first kappa shape index (κ1) is 15.1. The molecule has 0 saturated heterocycles. The first-order valence-corrected chi connectivity index (χ1v) is 7.01. The average Bonchev–Trinajstić information content (AvgIpc) is 2.97. The summed E-state index contributed by atoms with van der Waals surface area (Å²) in [5.41, 5.74) is 1.20. The van der Waals surface area contributed by atoms with E-state index in [0.29, 0.717) is 12.5 Å². The first-order chi connectivity index (χ1) is 10.1. The summed E-state index contributed by atoms with van der Waals surface area (Å²) < 4.78 is 5.58. The van der Waals surface area contributed by atoms with Gasteiger partial charge in [-0.3, -0.25) is 4.79 Å². The molecular formula is C16H21N3O2. The van der Waals surface area contributed by atoms with E-state index in [4.69, 9.17) is 4.74 Å². The van der Waals surface area contributed by atoms with Gasteiger partial charge in [0.2, 0.25) is 0 Å². The van der Waals surface area contributed by atoms with Gasteiger partial charge in [-0.25, -0.2) is 4.98 Å². The molecule has 1 N–H and O–H groups in total. The highest BCUT2D eigenvalue weighted by Crippen LogP contribution is 2.20. The van der Waals surface area contributed by atoms with Gasteiger partial charge < -0.3 is 14.6 Å². The van der Waals surface area contributed by atoms with Gasteiger partial charge in [-0.2, -0.15) is 0 Å². The molecule has 1 aromatic heterocycles. The smallest absolute Gasteiger partial charge is 0.260 e. The number of carbonyl (C=O) groups is 1. The van der Waals surface area contributed by atoms with Crippen LogP contribution in [-0.2, 0) is 11.3 Å². The lowest BCUT2D eigenvalue weighted by atomic mass is 10.0. The highest BCUT2D eigenvalue weighted by molar-refractivity contribution is 5.77. The second-order valence-electron chi connectivity index (χ2n) is 5.30. The van der Waals surface area contributed by atoms with Crippen LogP contribution < -0.4 is 4.74 Å². The number of ether oxygens (including phenoxy) is 1. The van der Waals surface area contributed by atoms with Crippen LogP contribution >= 0.6 is 0 Å². The zero-order valence-electron chi connectivity index (χ0n) is 12.7. The molecule has 0 radical (unpaired) electrons. The number of hydrogen-bond acceptors (Lipinski definition) is 3. The van der Waals surface area contributed by atoms with Gasteiger partial charge in [0.15, 0.2) is 6.61 Å². The van der Waals surface area contributed by atoms with Crippen LogP contribution in [0.4, 0.5) is 0 Å². The Balaban J connectivity index is 1.87. The van der Waals surface area contributed by atoms with Gasteiger partial charge >= 0.3 is 0 Å². The van der Waals surface area contributed by atoms with Crippen molar-refractivity contribution >= 4 is 5.91 Å². The fourth-order valence-corrected chi connectivity index (χ4v) is 1.92. The summed E-state index contributed by atoms with van der Waals surface area (Å²) in [7, 11) is 1.73. The zero-order valence-corrected chi connectivity index (χ0v) is 12.7. The molecular weight excluding hydrogens is 266 g/mol. The first-order valence-electron chi connectivity index (χ1n) is 7.01.